The lowest BCUT2D eigenvalue weighted by atomic mass is 10.1. The summed E-state index contributed by atoms with van der Waals surface area (Å²) in [6.07, 6.45) is 0.704. The van der Waals surface area contributed by atoms with Gasteiger partial charge in [0.2, 0.25) is 0 Å². The molecule has 2 rings (SSSR count). The van der Waals surface area contributed by atoms with Crippen LogP contribution >= 0.6 is 0 Å². The maximum Gasteiger partial charge on any atom is 0.323 e. The van der Waals surface area contributed by atoms with Crippen LogP contribution in [0.15, 0.2) is 36.4 Å². The Morgan fingerprint density at radius 1 is 0.952 bits per heavy atom. The van der Waals surface area contributed by atoms with Gasteiger partial charge in [-0.05, 0) is 30.2 Å². The molecule has 0 fully saturated rings. The van der Waals surface area contributed by atoms with Gasteiger partial charge in [0.25, 0.3) is 0 Å². The fourth-order valence-electron chi connectivity index (χ4n) is 1.85. The number of anilines is 2. The first-order valence-corrected chi connectivity index (χ1v) is 6.32. The number of hydrogen-bond acceptors (Lipinski definition) is 1. The van der Waals surface area contributed by atoms with Crippen molar-refractivity contribution in [2.24, 2.45) is 0 Å². The minimum atomic E-state index is -1.62. The molecular formula is C15H13F3N2O. The van der Waals surface area contributed by atoms with E-state index in [4.69, 9.17) is 0 Å². The number of rotatable bonds is 3. The third-order valence-corrected chi connectivity index (χ3v) is 2.93. The van der Waals surface area contributed by atoms with E-state index in [0.717, 1.165) is 17.7 Å². The summed E-state index contributed by atoms with van der Waals surface area (Å²) in [4.78, 5) is 11.8. The number of benzene rings is 2. The van der Waals surface area contributed by atoms with Crippen molar-refractivity contribution in [2.75, 3.05) is 10.6 Å². The Labute approximate surface area is 119 Å². The van der Waals surface area contributed by atoms with Gasteiger partial charge in [0, 0.05) is 5.69 Å². The number of amides is 2. The molecule has 2 aromatic carbocycles. The summed E-state index contributed by atoms with van der Waals surface area (Å²) in [6, 6.07) is 8.07. The minimum Gasteiger partial charge on any atom is -0.307 e. The van der Waals surface area contributed by atoms with E-state index in [1.165, 1.54) is 0 Å². The molecule has 110 valence electrons. The van der Waals surface area contributed by atoms with E-state index in [2.05, 4.69) is 10.6 Å². The molecule has 0 saturated heterocycles. The van der Waals surface area contributed by atoms with Crippen LogP contribution in [0.1, 0.15) is 12.5 Å². The van der Waals surface area contributed by atoms with Crippen LogP contribution in [0.25, 0.3) is 0 Å². The number of para-hydroxylation sites is 1. The van der Waals surface area contributed by atoms with Gasteiger partial charge in [-0.25, -0.2) is 18.0 Å². The molecule has 0 aliphatic heterocycles. The molecule has 0 saturated carbocycles. The minimum absolute atomic E-state index is 0.430. The van der Waals surface area contributed by atoms with Crippen molar-refractivity contribution in [1.29, 1.82) is 0 Å². The quantitative estimate of drug-likeness (QED) is 0.814. The zero-order valence-electron chi connectivity index (χ0n) is 11.2. The zero-order chi connectivity index (χ0) is 15.4. The monoisotopic (exact) mass is 294 g/mol. The number of nitrogens with one attached hydrogen (secondary N) is 2. The molecule has 0 spiro atoms. The van der Waals surface area contributed by atoms with Crippen LogP contribution in [0.2, 0.25) is 0 Å². The number of carbonyl (C=O) groups is 1. The molecule has 21 heavy (non-hydrogen) atoms. The predicted molar refractivity (Wildman–Crippen MR) is 74.8 cm³/mol. The van der Waals surface area contributed by atoms with Crippen LogP contribution in [-0.2, 0) is 6.42 Å². The molecule has 0 aromatic heterocycles. The highest BCUT2D eigenvalue weighted by Gasteiger charge is 2.15. The molecule has 0 atom stereocenters. The molecule has 6 heteroatoms. The molecule has 2 amide bonds. The lowest BCUT2D eigenvalue weighted by Crippen LogP contribution is -2.21. The van der Waals surface area contributed by atoms with Crippen molar-refractivity contribution in [3.05, 3.63) is 59.4 Å². The van der Waals surface area contributed by atoms with E-state index in [-0.39, 0.29) is 0 Å². The fraction of sp³-hybridized carbons (Fsp3) is 0.133. The molecule has 3 nitrogen and oxygen atoms in total. The Balaban J connectivity index is 2.14. The van der Waals surface area contributed by atoms with Crippen LogP contribution in [0.3, 0.4) is 0 Å². The third kappa shape index (κ3) is 3.34. The van der Waals surface area contributed by atoms with Gasteiger partial charge < -0.3 is 10.6 Å². The number of aryl methyl sites for hydroxylation is 1. The molecule has 0 heterocycles. The Hall–Kier alpha value is -2.50. The van der Waals surface area contributed by atoms with Gasteiger partial charge in [-0.15, -0.1) is 0 Å². The first kappa shape index (κ1) is 14.9. The average molecular weight is 294 g/mol. The largest absolute Gasteiger partial charge is 0.323 e. The van der Waals surface area contributed by atoms with E-state index >= 15 is 0 Å². The van der Waals surface area contributed by atoms with Gasteiger partial charge in [0.05, 0.1) is 5.69 Å². The van der Waals surface area contributed by atoms with E-state index < -0.39 is 29.2 Å². The fourth-order valence-corrected chi connectivity index (χ4v) is 1.85. The van der Waals surface area contributed by atoms with E-state index in [1.54, 1.807) is 12.1 Å². The van der Waals surface area contributed by atoms with E-state index in [0.29, 0.717) is 12.1 Å². The molecule has 0 aliphatic carbocycles. The average Bonchev–Trinajstić information content (AvgIpc) is 2.48. The number of hydrogen-bond donors (Lipinski definition) is 2. The van der Waals surface area contributed by atoms with E-state index in [9.17, 15) is 18.0 Å². The number of carbonyl (C=O) groups excluding carboxylic acids is 1. The van der Waals surface area contributed by atoms with Crippen molar-refractivity contribution in [3.63, 3.8) is 0 Å². The van der Waals surface area contributed by atoms with E-state index in [1.807, 2.05) is 19.1 Å². The summed E-state index contributed by atoms with van der Waals surface area (Å²) in [5.74, 6) is -4.37. The molecular weight excluding hydrogens is 281 g/mol. The van der Waals surface area contributed by atoms with Crippen molar-refractivity contribution in [1.82, 2.24) is 0 Å². The SMILES string of the molecule is CCc1ccccc1NC(=O)Nc1ccc(F)c(F)c1F. The summed E-state index contributed by atoms with van der Waals surface area (Å²) >= 11 is 0. The smallest absolute Gasteiger partial charge is 0.307 e. The summed E-state index contributed by atoms with van der Waals surface area (Å²) in [6.45, 7) is 1.92. The Kier molecular flexibility index (Phi) is 4.47. The highest BCUT2D eigenvalue weighted by molar-refractivity contribution is 6.00. The Bertz CT molecular complexity index is 674. The zero-order valence-corrected chi connectivity index (χ0v) is 11.2. The van der Waals surface area contributed by atoms with Crippen molar-refractivity contribution in [3.8, 4) is 0 Å². The van der Waals surface area contributed by atoms with Crippen LogP contribution < -0.4 is 10.6 Å². The second kappa shape index (κ2) is 6.30. The first-order valence-electron chi connectivity index (χ1n) is 6.32. The number of urea groups is 1. The Morgan fingerprint density at radius 3 is 2.33 bits per heavy atom. The topological polar surface area (TPSA) is 41.1 Å². The lowest BCUT2D eigenvalue weighted by molar-refractivity contribution is 0.262. The van der Waals surface area contributed by atoms with Crippen molar-refractivity contribution < 1.29 is 18.0 Å². The van der Waals surface area contributed by atoms with Gasteiger partial charge in [-0.3, -0.25) is 0 Å². The van der Waals surface area contributed by atoms with Crippen LogP contribution in [0.5, 0.6) is 0 Å². The van der Waals surface area contributed by atoms with Crippen molar-refractivity contribution >= 4 is 17.4 Å². The van der Waals surface area contributed by atoms with Crippen molar-refractivity contribution in [2.45, 2.75) is 13.3 Å². The molecule has 0 radical (unpaired) electrons. The molecule has 2 N–H and O–H groups in total. The first-order chi connectivity index (χ1) is 10.0. The third-order valence-electron chi connectivity index (χ3n) is 2.93. The molecule has 0 aliphatic rings. The van der Waals surface area contributed by atoms with Gasteiger partial charge >= 0.3 is 6.03 Å². The summed E-state index contributed by atoms with van der Waals surface area (Å²) < 4.78 is 39.3. The molecule has 2 aromatic rings. The highest BCUT2D eigenvalue weighted by Crippen LogP contribution is 2.20. The maximum absolute atomic E-state index is 13.4. The summed E-state index contributed by atoms with van der Waals surface area (Å²) in [5.41, 5.74) is 1.04. The van der Waals surface area contributed by atoms with Crippen LogP contribution in [0, 0.1) is 17.5 Å². The molecule has 0 bridgehead atoms. The van der Waals surface area contributed by atoms with Gasteiger partial charge in [0.1, 0.15) is 0 Å². The van der Waals surface area contributed by atoms with Gasteiger partial charge in [0.15, 0.2) is 17.5 Å². The summed E-state index contributed by atoms with van der Waals surface area (Å²) in [5, 5.41) is 4.68. The second-order valence-electron chi connectivity index (χ2n) is 4.31. The second-order valence-corrected chi connectivity index (χ2v) is 4.31. The van der Waals surface area contributed by atoms with Crippen LogP contribution in [-0.4, -0.2) is 6.03 Å². The normalized spacial score (nSPS) is 10.3. The highest BCUT2D eigenvalue weighted by atomic mass is 19.2. The Morgan fingerprint density at radius 2 is 1.62 bits per heavy atom. The summed E-state index contributed by atoms with van der Waals surface area (Å²) in [7, 11) is 0. The standard InChI is InChI=1S/C15H13F3N2O/c1-2-9-5-3-4-6-11(9)19-15(21)20-12-8-7-10(16)13(17)14(12)18/h3-8H,2H2,1H3,(H2,19,20,21). The van der Waals surface area contributed by atoms with Crippen LogP contribution in [0.4, 0.5) is 29.3 Å². The lowest BCUT2D eigenvalue weighted by Gasteiger charge is -2.11. The van der Waals surface area contributed by atoms with Gasteiger partial charge in [-0.2, -0.15) is 0 Å². The van der Waals surface area contributed by atoms with Gasteiger partial charge in [-0.1, -0.05) is 25.1 Å². The number of halogens is 3. The molecule has 0 unspecified atom stereocenters. The maximum atomic E-state index is 13.4. The predicted octanol–water partition coefficient (Wildman–Crippen LogP) is 4.31.